The van der Waals surface area contributed by atoms with E-state index >= 15 is 0 Å². The predicted molar refractivity (Wildman–Crippen MR) is 139 cm³/mol. The van der Waals surface area contributed by atoms with Gasteiger partial charge in [0.25, 0.3) is 0 Å². The number of methoxy groups -OCH3 is 2. The summed E-state index contributed by atoms with van der Waals surface area (Å²) in [7, 11) is -1.97. The number of rotatable bonds is 11. The maximum absolute atomic E-state index is 12.3. The van der Waals surface area contributed by atoms with Crippen LogP contribution in [0, 0.1) is 22.2 Å². The first-order valence-corrected chi connectivity index (χ1v) is 13.7. The summed E-state index contributed by atoms with van der Waals surface area (Å²) in [5.74, 6) is -0.0205. The zero-order chi connectivity index (χ0) is 26.9. The highest BCUT2D eigenvalue weighted by molar-refractivity contribution is 7.86. The largest absolute Gasteiger partial charge is 0.506 e. The number of phenolic OH excluding ortho intramolecular Hbond substituents is 1. The average Bonchev–Trinajstić information content (AvgIpc) is 2.59. The Hall–Kier alpha value is -1.47. The van der Waals surface area contributed by atoms with Crippen LogP contribution in [0.15, 0.2) is 4.90 Å². The molecule has 6 nitrogen and oxygen atoms in total. The van der Waals surface area contributed by atoms with Crippen molar-refractivity contribution >= 4 is 10.1 Å². The topological polar surface area (TPSA) is 93.1 Å². The van der Waals surface area contributed by atoms with Crippen molar-refractivity contribution in [2.24, 2.45) is 22.2 Å². The fourth-order valence-corrected chi connectivity index (χ4v) is 7.43. The Morgan fingerprint density at radius 1 is 0.912 bits per heavy atom. The highest BCUT2D eigenvalue weighted by Gasteiger charge is 2.47. The Morgan fingerprint density at radius 2 is 1.41 bits per heavy atom. The summed E-state index contributed by atoms with van der Waals surface area (Å²) in [4.78, 5) is -0.631. The summed E-state index contributed by atoms with van der Waals surface area (Å²) in [6.45, 7) is 21.9. The van der Waals surface area contributed by atoms with E-state index in [4.69, 9.17) is 9.47 Å². The van der Waals surface area contributed by atoms with Gasteiger partial charge in [-0.2, -0.15) is 8.42 Å². The van der Waals surface area contributed by atoms with Gasteiger partial charge in [0.05, 0.1) is 14.2 Å². The maximum atomic E-state index is 12.3. The predicted octanol–water partition coefficient (Wildman–Crippen LogP) is 7.23. The monoisotopic (exact) mass is 500 g/mol. The second kappa shape index (κ2) is 10.7. The molecule has 1 aromatic rings. The molecule has 0 radical (unpaired) electrons. The summed E-state index contributed by atoms with van der Waals surface area (Å²) >= 11 is 0. The van der Waals surface area contributed by atoms with Gasteiger partial charge in [-0.25, -0.2) is 0 Å². The molecule has 7 heteroatoms. The number of benzene rings is 1. The molecule has 2 N–H and O–H groups in total. The molecule has 0 aromatic heterocycles. The van der Waals surface area contributed by atoms with Crippen molar-refractivity contribution in [3.05, 3.63) is 11.1 Å². The van der Waals surface area contributed by atoms with Gasteiger partial charge in [-0.05, 0) is 47.3 Å². The third-order valence-electron chi connectivity index (χ3n) is 6.42. The van der Waals surface area contributed by atoms with Crippen LogP contribution in [0.2, 0.25) is 0 Å². The highest BCUT2D eigenvalue weighted by atomic mass is 32.2. The smallest absolute Gasteiger partial charge is 0.302 e. The van der Waals surface area contributed by atoms with Crippen molar-refractivity contribution in [1.29, 1.82) is 0 Å². The van der Waals surface area contributed by atoms with Gasteiger partial charge in [0, 0.05) is 11.1 Å². The lowest BCUT2D eigenvalue weighted by Crippen LogP contribution is -2.38. The van der Waals surface area contributed by atoms with Crippen LogP contribution in [-0.4, -0.2) is 32.3 Å². The van der Waals surface area contributed by atoms with E-state index in [1.165, 1.54) is 14.2 Å². The average molecular weight is 501 g/mol. The first-order chi connectivity index (χ1) is 15.2. The zero-order valence-corrected chi connectivity index (χ0v) is 24.2. The van der Waals surface area contributed by atoms with Gasteiger partial charge in [-0.3, -0.25) is 4.55 Å². The van der Waals surface area contributed by atoms with Crippen molar-refractivity contribution in [2.45, 2.75) is 106 Å². The number of aromatic hydroxyl groups is 1. The second-order valence-corrected chi connectivity index (χ2v) is 14.0. The van der Waals surface area contributed by atoms with E-state index in [9.17, 15) is 18.1 Å². The minimum Gasteiger partial charge on any atom is -0.506 e. The van der Waals surface area contributed by atoms with E-state index in [0.29, 0.717) is 24.3 Å². The lowest BCUT2D eigenvalue weighted by molar-refractivity contribution is 0.0761. The molecule has 0 saturated carbocycles. The van der Waals surface area contributed by atoms with Gasteiger partial charge in [0.15, 0.2) is 16.4 Å². The fraction of sp³-hybridized carbons (Fsp3) is 0.778. The van der Waals surface area contributed by atoms with Crippen molar-refractivity contribution < 1.29 is 27.6 Å². The molecule has 1 unspecified atom stereocenters. The molecule has 0 saturated heterocycles. The normalized spacial score (nSPS) is 14.4. The molecule has 0 aliphatic heterocycles. The molecular weight excluding hydrogens is 452 g/mol. The fourth-order valence-electron chi connectivity index (χ4n) is 6.65. The summed E-state index contributed by atoms with van der Waals surface area (Å²) in [6, 6.07) is 0. The van der Waals surface area contributed by atoms with E-state index in [0.717, 1.165) is 18.4 Å². The van der Waals surface area contributed by atoms with Crippen molar-refractivity contribution in [2.75, 3.05) is 14.2 Å². The van der Waals surface area contributed by atoms with E-state index in [2.05, 4.69) is 62.3 Å². The first-order valence-electron chi connectivity index (χ1n) is 12.2. The molecule has 0 heterocycles. The number of ether oxygens (including phenoxy) is 2. The van der Waals surface area contributed by atoms with E-state index in [1.807, 2.05) is 6.92 Å². The van der Waals surface area contributed by atoms with Gasteiger partial charge in [0.2, 0.25) is 0 Å². The van der Waals surface area contributed by atoms with Gasteiger partial charge in [0.1, 0.15) is 5.75 Å². The molecule has 0 bridgehead atoms. The summed E-state index contributed by atoms with van der Waals surface area (Å²) in [6.07, 6.45) is 2.93. The van der Waals surface area contributed by atoms with E-state index in [-0.39, 0.29) is 33.7 Å². The van der Waals surface area contributed by atoms with Crippen LogP contribution in [0.1, 0.15) is 106 Å². The third kappa shape index (κ3) is 6.81. The molecule has 34 heavy (non-hydrogen) atoms. The second-order valence-electron chi connectivity index (χ2n) is 12.6. The van der Waals surface area contributed by atoms with Crippen LogP contribution in [0.5, 0.6) is 17.2 Å². The maximum Gasteiger partial charge on any atom is 0.302 e. The van der Waals surface area contributed by atoms with Crippen LogP contribution in [-0.2, 0) is 16.5 Å². The van der Waals surface area contributed by atoms with Crippen LogP contribution in [0.4, 0.5) is 0 Å². The minimum absolute atomic E-state index is 0.0360. The number of hydrogen-bond acceptors (Lipinski definition) is 5. The van der Waals surface area contributed by atoms with Gasteiger partial charge >= 0.3 is 10.1 Å². The quantitative estimate of drug-likeness (QED) is 0.311. The molecule has 0 spiro atoms. The van der Waals surface area contributed by atoms with Gasteiger partial charge in [-0.15, -0.1) is 0 Å². The molecule has 0 aliphatic rings. The Balaban J connectivity index is 4.33. The van der Waals surface area contributed by atoms with Gasteiger partial charge < -0.3 is 14.6 Å². The summed E-state index contributed by atoms with van der Waals surface area (Å²) < 4.78 is 46.0. The zero-order valence-electron chi connectivity index (χ0n) is 23.4. The molecule has 1 aromatic carbocycles. The minimum atomic E-state index is -4.77. The SMILES string of the molecule is CCCc1c(O)c(S(=O)(=O)O)c(OC)c(OC)c1C(C(C)(C)CC(C)C)C(C)(C)CC(C)(C)C. The molecule has 0 fully saturated rings. The van der Waals surface area contributed by atoms with Crippen LogP contribution in [0.3, 0.4) is 0 Å². The molecule has 1 atom stereocenters. The standard InChI is InChI=1S/C27H48O6S/c1-13-14-18-19(21(32-11)22(33-12)23(20(18)28)34(29,30)31)24(26(7,8)15-17(2)3)27(9,10)16-25(4,5)6/h17,24,28H,13-16H2,1-12H3,(H,29,30,31). The first kappa shape index (κ1) is 30.6. The van der Waals surface area contributed by atoms with E-state index < -0.39 is 20.8 Å². The summed E-state index contributed by atoms with van der Waals surface area (Å²) in [5.41, 5.74) is 0.829. The Morgan fingerprint density at radius 3 is 1.76 bits per heavy atom. The lowest BCUT2D eigenvalue weighted by Gasteiger charge is -2.49. The van der Waals surface area contributed by atoms with Crippen molar-refractivity contribution in [3.63, 3.8) is 0 Å². The molecule has 1 rings (SSSR count). The third-order valence-corrected chi connectivity index (χ3v) is 7.32. The number of phenols is 1. The van der Waals surface area contributed by atoms with Crippen molar-refractivity contribution in [3.8, 4) is 17.2 Å². The highest BCUT2D eigenvalue weighted by Crippen LogP contribution is 2.60. The Bertz CT molecular complexity index is 953. The van der Waals surface area contributed by atoms with Crippen molar-refractivity contribution in [1.82, 2.24) is 0 Å². The molecule has 198 valence electrons. The van der Waals surface area contributed by atoms with Crippen LogP contribution < -0.4 is 9.47 Å². The summed E-state index contributed by atoms with van der Waals surface area (Å²) in [5, 5.41) is 11.3. The molecule has 0 amide bonds. The van der Waals surface area contributed by atoms with Crippen LogP contribution >= 0.6 is 0 Å². The lowest BCUT2D eigenvalue weighted by atomic mass is 9.55. The van der Waals surface area contributed by atoms with Gasteiger partial charge in [-0.1, -0.05) is 75.7 Å². The Kier molecular flexibility index (Phi) is 9.57. The molecule has 0 aliphatic carbocycles. The van der Waals surface area contributed by atoms with Crippen LogP contribution in [0.25, 0.3) is 0 Å². The number of hydrogen-bond donors (Lipinski definition) is 2. The molecular formula is C27H48O6S. The Labute approximate surface area is 208 Å². The van der Waals surface area contributed by atoms with E-state index in [1.54, 1.807) is 0 Å².